The molecule has 10 atom stereocenters. The van der Waals surface area contributed by atoms with E-state index in [1.54, 1.807) is 47.1 Å². The van der Waals surface area contributed by atoms with Gasteiger partial charge in [-0.15, -0.1) is 0 Å². The molecule has 0 spiro atoms. The number of carbonyl (C=O) groups excluding carboxylic acids is 4. The number of piperidine rings is 1. The summed E-state index contributed by atoms with van der Waals surface area (Å²) in [6.07, 6.45) is 1.09. The van der Waals surface area contributed by atoms with Gasteiger partial charge in [-0.05, 0) is 56.6 Å². The summed E-state index contributed by atoms with van der Waals surface area (Å²) in [4.78, 5) is 58.7. The molecule has 1 aliphatic heterocycles. The number of ether oxygens (including phenoxy) is 2. The summed E-state index contributed by atoms with van der Waals surface area (Å²) in [7, 11) is 6.60. The van der Waals surface area contributed by atoms with Crippen LogP contribution in [-0.4, -0.2) is 116 Å². The third kappa shape index (κ3) is 11.7. The Morgan fingerprint density at radius 3 is 2.04 bits per heavy atom. The maximum Gasteiger partial charge on any atom is 0.245 e. The van der Waals surface area contributed by atoms with Crippen molar-refractivity contribution in [2.75, 3.05) is 34.9 Å². The van der Waals surface area contributed by atoms with E-state index in [4.69, 9.17) is 9.47 Å². The van der Waals surface area contributed by atoms with Gasteiger partial charge in [-0.1, -0.05) is 85.2 Å². The predicted molar refractivity (Wildman–Crippen MR) is 204 cm³/mol. The first-order valence-corrected chi connectivity index (χ1v) is 19.2. The molecular formula is C40H69N5O7. The van der Waals surface area contributed by atoms with Crippen LogP contribution in [0.3, 0.4) is 0 Å². The largest absolute Gasteiger partial charge is 0.386 e. The third-order valence-corrected chi connectivity index (χ3v) is 11.0. The summed E-state index contributed by atoms with van der Waals surface area (Å²) in [5.41, 5.74) is 0.712. The highest BCUT2D eigenvalue weighted by atomic mass is 16.5. The van der Waals surface area contributed by atoms with Crippen molar-refractivity contribution in [3.63, 3.8) is 0 Å². The van der Waals surface area contributed by atoms with Gasteiger partial charge in [0.1, 0.15) is 6.04 Å². The van der Waals surface area contributed by atoms with Crippen LogP contribution in [-0.2, 0) is 28.7 Å². The lowest BCUT2D eigenvalue weighted by atomic mass is 9.87. The van der Waals surface area contributed by atoms with E-state index in [1.165, 1.54) is 0 Å². The number of likely N-dealkylation sites (N-methyl/N-ethyl adjacent to an activating group) is 2. The first-order valence-electron chi connectivity index (χ1n) is 19.2. The summed E-state index contributed by atoms with van der Waals surface area (Å²) < 4.78 is 12.0. The Balaban J connectivity index is 2.28. The SMILES string of the molecule is CCC(C)[C@@H]([C@@H](CC(=O)N1CCCC[C@H]1[C@H](OC)[C@@H](C)C(=O)N[C@H](C)[C@@H](O)c1ccccc1)OC)N(C)C(=O)[C@@H](NC(=O)[C@@H](NC)C(C)C)C(C)C. The van der Waals surface area contributed by atoms with Gasteiger partial charge < -0.3 is 40.3 Å². The molecule has 1 unspecified atom stereocenters. The van der Waals surface area contributed by atoms with Crippen LogP contribution in [0.1, 0.15) is 99.2 Å². The zero-order chi connectivity index (χ0) is 39.3. The first kappa shape index (κ1) is 45.1. The second kappa shape index (κ2) is 21.6. The minimum Gasteiger partial charge on any atom is -0.386 e. The zero-order valence-corrected chi connectivity index (χ0v) is 33.8. The number of benzene rings is 1. The normalized spacial score (nSPS) is 20.2. The van der Waals surface area contributed by atoms with Crippen LogP contribution in [0.2, 0.25) is 0 Å². The lowest BCUT2D eigenvalue weighted by molar-refractivity contribution is -0.150. The van der Waals surface area contributed by atoms with E-state index < -0.39 is 48.4 Å². The quantitative estimate of drug-likeness (QED) is 0.158. The molecule has 1 fully saturated rings. The first-order chi connectivity index (χ1) is 24.5. The van der Waals surface area contributed by atoms with E-state index in [0.717, 1.165) is 19.3 Å². The maximum atomic E-state index is 14.3. The van der Waals surface area contributed by atoms with Gasteiger partial charge in [-0.25, -0.2) is 0 Å². The molecule has 1 aliphatic rings. The average molecular weight is 732 g/mol. The van der Waals surface area contributed by atoms with Crippen molar-refractivity contribution in [1.29, 1.82) is 0 Å². The molecule has 4 amide bonds. The maximum absolute atomic E-state index is 14.3. The van der Waals surface area contributed by atoms with Gasteiger partial charge in [0.2, 0.25) is 23.6 Å². The molecule has 12 heteroatoms. The van der Waals surface area contributed by atoms with Gasteiger partial charge in [0.15, 0.2) is 0 Å². The molecule has 0 aromatic heterocycles. The number of carbonyl (C=O) groups is 4. The van der Waals surface area contributed by atoms with Gasteiger partial charge in [0.05, 0.1) is 54.8 Å². The van der Waals surface area contributed by atoms with E-state index in [1.807, 2.05) is 76.8 Å². The fourth-order valence-electron chi connectivity index (χ4n) is 7.59. The number of likely N-dealkylation sites (tertiary alicyclic amines) is 1. The van der Waals surface area contributed by atoms with Crippen LogP contribution in [0.5, 0.6) is 0 Å². The van der Waals surface area contributed by atoms with Crippen molar-refractivity contribution in [3.05, 3.63) is 35.9 Å². The number of aliphatic hydroxyl groups is 1. The highest BCUT2D eigenvalue weighted by molar-refractivity contribution is 5.90. The summed E-state index contributed by atoms with van der Waals surface area (Å²) in [5, 5.41) is 19.9. The Morgan fingerprint density at radius 1 is 0.904 bits per heavy atom. The van der Waals surface area contributed by atoms with Crippen LogP contribution < -0.4 is 16.0 Å². The van der Waals surface area contributed by atoms with Gasteiger partial charge >= 0.3 is 0 Å². The molecule has 296 valence electrons. The van der Waals surface area contributed by atoms with E-state index in [0.29, 0.717) is 18.5 Å². The van der Waals surface area contributed by atoms with Gasteiger partial charge in [-0.2, -0.15) is 0 Å². The number of aliphatic hydroxyl groups excluding tert-OH is 1. The molecule has 0 radical (unpaired) electrons. The summed E-state index contributed by atoms with van der Waals surface area (Å²) in [6, 6.07) is 6.67. The van der Waals surface area contributed by atoms with E-state index >= 15 is 0 Å². The number of rotatable bonds is 20. The Hall–Kier alpha value is -3.06. The van der Waals surface area contributed by atoms with Crippen molar-refractivity contribution >= 4 is 23.6 Å². The van der Waals surface area contributed by atoms with Gasteiger partial charge in [0.25, 0.3) is 0 Å². The Bertz CT molecular complexity index is 1260. The summed E-state index contributed by atoms with van der Waals surface area (Å²) >= 11 is 0. The second-order valence-electron chi connectivity index (χ2n) is 15.3. The van der Waals surface area contributed by atoms with Crippen LogP contribution in [0.15, 0.2) is 30.3 Å². The lowest BCUT2D eigenvalue weighted by Crippen LogP contribution is -2.60. The fourth-order valence-corrected chi connectivity index (χ4v) is 7.59. The molecule has 1 saturated heterocycles. The van der Waals surface area contributed by atoms with Crippen LogP contribution in [0.25, 0.3) is 0 Å². The fraction of sp³-hybridized carbons (Fsp3) is 0.750. The topological polar surface area (TPSA) is 150 Å². The molecule has 0 aliphatic carbocycles. The lowest BCUT2D eigenvalue weighted by Gasteiger charge is -2.43. The molecule has 52 heavy (non-hydrogen) atoms. The highest BCUT2D eigenvalue weighted by Crippen LogP contribution is 2.29. The molecule has 12 nitrogen and oxygen atoms in total. The number of hydrogen-bond donors (Lipinski definition) is 4. The van der Waals surface area contributed by atoms with E-state index in [9.17, 15) is 24.3 Å². The van der Waals surface area contributed by atoms with Gasteiger partial charge in [0, 0.05) is 27.8 Å². The van der Waals surface area contributed by atoms with Crippen molar-refractivity contribution in [1.82, 2.24) is 25.8 Å². The smallest absolute Gasteiger partial charge is 0.245 e. The summed E-state index contributed by atoms with van der Waals surface area (Å²) in [6.45, 7) is 15.9. The standard InChI is InChI=1S/C40H69N5O7/c1-13-26(6)35(44(10)40(50)34(25(4)5)43-39(49)33(41-9)24(2)3)31(51-11)23-32(46)45-22-18-17-21-30(45)37(52-12)27(7)38(48)42-28(8)36(47)29-19-15-14-16-20-29/h14-16,19-20,24-28,30-31,33-37,41,47H,13,17-18,21-23H2,1-12H3,(H,42,48)(H,43,49)/t26?,27-,28-,30+,31-,33+,34+,35+,36-,37-/m1/s1. The number of nitrogens with one attached hydrogen (secondary N) is 3. The van der Waals surface area contributed by atoms with Gasteiger partial charge in [-0.3, -0.25) is 19.2 Å². The van der Waals surface area contributed by atoms with E-state index in [2.05, 4.69) is 16.0 Å². The van der Waals surface area contributed by atoms with Crippen LogP contribution in [0, 0.1) is 23.7 Å². The van der Waals surface area contributed by atoms with E-state index in [-0.39, 0.29) is 53.8 Å². The number of amides is 4. The van der Waals surface area contributed by atoms with Crippen molar-refractivity contribution in [2.45, 2.75) is 136 Å². The average Bonchev–Trinajstić information content (AvgIpc) is 3.13. The van der Waals surface area contributed by atoms with Crippen LogP contribution in [0.4, 0.5) is 0 Å². The minimum atomic E-state index is -0.877. The molecule has 0 bridgehead atoms. The minimum absolute atomic E-state index is 0.0169. The zero-order valence-electron chi connectivity index (χ0n) is 33.8. The van der Waals surface area contributed by atoms with Crippen molar-refractivity contribution in [2.24, 2.45) is 23.7 Å². The Labute approximate surface area is 313 Å². The molecular weight excluding hydrogens is 662 g/mol. The van der Waals surface area contributed by atoms with Crippen molar-refractivity contribution in [3.8, 4) is 0 Å². The van der Waals surface area contributed by atoms with Crippen molar-refractivity contribution < 1.29 is 33.8 Å². The molecule has 1 aromatic rings. The molecule has 4 N–H and O–H groups in total. The monoisotopic (exact) mass is 732 g/mol. The molecule has 1 heterocycles. The molecule has 1 aromatic carbocycles. The third-order valence-electron chi connectivity index (χ3n) is 11.0. The van der Waals surface area contributed by atoms with Crippen LogP contribution >= 0.6 is 0 Å². The second-order valence-corrected chi connectivity index (χ2v) is 15.3. The highest BCUT2D eigenvalue weighted by Gasteiger charge is 2.42. The Morgan fingerprint density at radius 2 is 1.52 bits per heavy atom. The predicted octanol–water partition coefficient (Wildman–Crippen LogP) is 3.92. The molecule has 0 saturated carbocycles. The number of hydrogen-bond acceptors (Lipinski definition) is 8. The summed E-state index contributed by atoms with van der Waals surface area (Å²) in [5.74, 6) is -1.62. The Kier molecular flexibility index (Phi) is 18.7. The molecule has 2 rings (SSSR count). The number of methoxy groups -OCH3 is 2. The number of nitrogens with zero attached hydrogens (tertiary/aromatic N) is 2.